The highest BCUT2D eigenvalue weighted by molar-refractivity contribution is 9.11. The zero-order chi connectivity index (χ0) is 23.5. The zero-order valence-corrected chi connectivity index (χ0v) is 22.4. The zero-order valence-electron chi connectivity index (χ0n) is 16.9. The van der Waals surface area contributed by atoms with E-state index in [4.69, 9.17) is 27.9 Å². The second-order valence-corrected chi connectivity index (χ2v) is 10.6. The predicted molar refractivity (Wildman–Crippen MR) is 141 cm³/mol. The van der Waals surface area contributed by atoms with Crippen LogP contribution in [0.3, 0.4) is 0 Å². The van der Waals surface area contributed by atoms with Crippen molar-refractivity contribution in [3.8, 4) is 5.75 Å². The van der Waals surface area contributed by atoms with Gasteiger partial charge in [0, 0.05) is 0 Å². The molecule has 0 unspecified atom stereocenters. The van der Waals surface area contributed by atoms with Crippen molar-refractivity contribution in [2.75, 3.05) is 0 Å². The van der Waals surface area contributed by atoms with Gasteiger partial charge in [-0.1, -0.05) is 59.6 Å². The van der Waals surface area contributed by atoms with Crippen LogP contribution < -0.4 is 4.74 Å². The molecule has 0 radical (unpaired) electrons. The summed E-state index contributed by atoms with van der Waals surface area (Å²) in [7, 11) is 0. The van der Waals surface area contributed by atoms with E-state index >= 15 is 0 Å². The van der Waals surface area contributed by atoms with E-state index in [0.717, 1.165) is 37.4 Å². The molecule has 9 heteroatoms. The van der Waals surface area contributed by atoms with Crippen LogP contribution in [0.2, 0.25) is 10.0 Å². The minimum absolute atomic E-state index is 0.124. The fraction of sp³-hybridized carbons (Fsp3) is 0.0833. The van der Waals surface area contributed by atoms with Gasteiger partial charge < -0.3 is 4.74 Å². The Morgan fingerprint density at radius 1 is 0.909 bits per heavy atom. The Kier molecular flexibility index (Phi) is 7.87. The van der Waals surface area contributed by atoms with Gasteiger partial charge in [0.1, 0.15) is 12.4 Å². The molecule has 4 nitrogen and oxygen atoms in total. The summed E-state index contributed by atoms with van der Waals surface area (Å²) in [6, 6.07) is 18.6. The number of ether oxygens (including phenoxy) is 1. The number of hydrogen-bond acceptors (Lipinski definition) is 4. The third-order valence-corrected chi connectivity index (χ3v) is 7.57. The van der Waals surface area contributed by atoms with E-state index in [-0.39, 0.29) is 17.7 Å². The van der Waals surface area contributed by atoms with Gasteiger partial charge in [-0.3, -0.25) is 14.5 Å². The van der Waals surface area contributed by atoms with Gasteiger partial charge in [0.05, 0.1) is 30.4 Å². The van der Waals surface area contributed by atoms with Crippen LogP contribution in [0.1, 0.15) is 16.7 Å². The summed E-state index contributed by atoms with van der Waals surface area (Å²) in [6.07, 6.45) is 1.69. The predicted octanol–water partition coefficient (Wildman–Crippen LogP) is 8.33. The molecule has 3 aromatic rings. The van der Waals surface area contributed by atoms with E-state index in [1.54, 1.807) is 24.3 Å². The molecule has 1 fully saturated rings. The molecule has 3 aromatic carbocycles. The van der Waals surface area contributed by atoms with Gasteiger partial charge in [0.25, 0.3) is 11.1 Å². The Balaban J connectivity index is 1.50. The Hall–Kier alpha value is -1.77. The summed E-state index contributed by atoms with van der Waals surface area (Å²) in [5.74, 6) is 0.302. The molecule has 2 amide bonds. The standard InChI is InChI=1S/C24H15Br2Cl2NO3S/c25-17-8-16(9-18(26)22(17)32-13-14-4-2-1-3-5-14)11-21-23(30)29(24(31)33-21)12-15-6-7-19(27)20(28)10-15/h1-11H,12-13H2/b21-11-. The molecule has 0 N–H and O–H groups in total. The van der Waals surface area contributed by atoms with Crippen LogP contribution in [0.5, 0.6) is 5.75 Å². The topological polar surface area (TPSA) is 46.6 Å². The van der Waals surface area contributed by atoms with E-state index in [1.807, 2.05) is 42.5 Å². The molecular weight excluding hydrogens is 613 g/mol. The lowest BCUT2D eigenvalue weighted by atomic mass is 10.2. The van der Waals surface area contributed by atoms with Gasteiger partial charge in [-0.15, -0.1) is 0 Å². The molecule has 0 aliphatic carbocycles. The van der Waals surface area contributed by atoms with Crippen molar-refractivity contribution in [2.24, 2.45) is 0 Å². The van der Waals surface area contributed by atoms with Crippen LogP contribution in [-0.2, 0) is 17.9 Å². The average molecular weight is 628 g/mol. The molecule has 1 aliphatic heterocycles. The lowest BCUT2D eigenvalue weighted by Crippen LogP contribution is -2.27. The minimum Gasteiger partial charge on any atom is -0.487 e. The lowest BCUT2D eigenvalue weighted by molar-refractivity contribution is -0.123. The van der Waals surface area contributed by atoms with Gasteiger partial charge >= 0.3 is 0 Å². The first kappa shape index (κ1) is 24.4. The third kappa shape index (κ3) is 5.84. The highest BCUT2D eigenvalue weighted by Gasteiger charge is 2.35. The Morgan fingerprint density at radius 3 is 2.27 bits per heavy atom. The molecule has 4 rings (SSSR count). The van der Waals surface area contributed by atoms with Crippen LogP contribution in [0.4, 0.5) is 4.79 Å². The minimum atomic E-state index is -0.354. The van der Waals surface area contributed by atoms with Crippen LogP contribution in [-0.4, -0.2) is 16.0 Å². The van der Waals surface area contributed by atoms with E-state index in [9.17, 15) is 9.59 Å². The summed E-state index contributed by atoms with van der Waals surface area (Å²) in [5.41, 5.74) is 2.52. The average Bonchev–Trinajstić information content (AvgIpc) is 3.03. The van der Waals surface area contributed by atoms with Gasteiger partial charge in [-0.25, -0.2) is 0 Å². The Bertz CT molecular complexity index is 1240. The normalized spacial score (nSPS) is 14.9. The van der Waals surface area contributed by atoms with Gasteiger partial charge in [-0.2, -0.15) is 0 Å². The van der Waals surface area contributed by atoms with Gasteiger partial charge in [-0.05, 0) is 90.7 Å². The largest absolute Gasteiger partial charge is 0.487 e. The molecule has 0 bridgehead atoms. The van der Waals surface area contributed by atoms with Crippen LogP contribution in [0.15, 0.2) is 74.5 Å². The van der Waals surface area contributed by atoms with Gasteiger partial charge in [0.15, 0.2) is 0 Å². The molecular formula is C24H15Br2Cl2NO3S. The fourth-order valence-electron chi connectivity index (χ4n) is 3.14. The molecule has 33 heavy (non-hydrogen) atoms. The Labute approximate surface area is 222 Å². The number of nitrogens with zero attached hydrogens (tertiary/aromatic N) is 1. The molecule has 1 aliphatic rings. The van der Waals surface area contributed by atoms with Crippen molar-refractivity contribution >= 4 is 84.0 Å². The van der Waals surface area contributed by atoms with Crippen LogP contribution in [0.25, 0.3) is 6.08 Å². The monoisotopic (exact) mass is 625 g/mol. The van der Waals surface area contributed by atoms with E-state index in [2.05, 4.69) is 31.9 Å². The first-order chi connectivity index (χ1) is 15.8. The maximum atomic E-state index is 12.9. The van der Waals surface area contributed by atoms with Gasteiger partial charge in [0.2, 0.25) is 0 Å². The molecule has 1 saturated heterocycles. The van der Waals surface area contributed by atoms with Crippen molar-refractivity contribution in [1.82, 2.24) is 4.90 Å². The lowest BCUT2D eigenvalue weighted by Gasteiger charge is -2.13. The van der Waals surface area contributed by atoms with Crippen molar-refractivity contribution in [3.05, 3.63) is 101 Å². The molecule has 0 atom stereocenters. The molecule has 168 valence electrons. The molecule has 0 saturated carbocycles. The van der Waals surface area contributed by atoms with Crippen molar-refractivity contribution in [1.29, 1.82) is 0 Å². The number of carbonyl (C=O) groups is 2. The van der Waals surface area contributed by atoms with Crippen molar-refractivity contribution in [3.63, 3.8) is 0 Å². The van der Waals surface area contributed by atoms with Crippen LogP contribution >= 0.6 is 66.8 Å². The first-order valence-electron chi connectivity index (χ1n) is 9.67. The SMILES string of the molecule is O=C1S/C(=C\c2cc(Br)c(OCc3ccccc3)c(Br)c2)C(=O)N1Cc1ccc(Cl)c(Cl)c1. The van der Waals surface area contributed by atoms with Crippen molar-refractivity contribution < 1.29 is 14.3 Å². The van der Waals surface area contributed by atoms with Crippen molar-refractivity contribution in [2.45, 2.75) is 13.2 Å². The number of thioether (sulfide) groups is 1. The number of hydrogen-bond donors (Lipinski definition) is 0. The maximum Gasteiger partial charge on any atom is 0.293 e. The number of halogens is 4. The summed E-state index contributed by atoms with van der Waals surface area (Å²) in [5, 5.41) is 0.459. The van der Waals surface area contributed by atoms with E-state index in [0.29, 0.717) is 27.3 Å². The first-order valence-corrected chi connectivity index (χ1v) is 12.8. The smallest absolute Gasteiger partial charge is 0.293 e. The third-order valence-electron chi connectivity index (χ3n) is 4.74. The van der Waals surface area contributed by atoms with E-state index < -0.39 is 0 Å². The highest BCUT2D eigenvalue weighted by Crippen LogP contribution is 2.38. The molecule has 0 spiro atoms. The summed E-state index contributed by atoms with van der Waals surface area (Å²) < 4.78 is 7.41. The van der Waals surface area contributed by atoms with E-state index in [1.165, 1.54) is 4.90 Å². The number of rotatable bonds is 6. The molecule has 1 heterocycles. The maximum absolute atomic E-state index is 12.9. The summed E-state index contributed by atoms with van der Waals surface area (Å²) in [6.45, 7) is 0.545. The number of carbonyl (C=O) groups excluding carboxylic acids is 2. The summed E-state index contributed by atoms with van der Waals surface area (Å²) in [4.78, 5) is 26.9. The second-order valence-electron chi connectivity index (χ2n) is 7.10. The Morgan fingerprint density at radius 2 is 1.61 bits per heavy atom. The number of amides is 2. The van der Waals surface area contributed by atoms with Crippen LogP contribution in [0, 0.1) is 0 Å². The quantitative estimate of drug-likeness (QED) is 0.258. The fourth-order valence-corrected chi connectivity index (χ4v) is 5.75. The summed E-state index contributed by atoms with van der Waals surface area (Å²) >= 11 is 20.0. The highest BCUT2D eigenvalue weighted by atomic mass is 79.9. The number of benzene rings is 3. The second kappa shape index (κ2) is 10.7. The molecule has 0 aromatic heterocycles. The number of imide groups is 1.